The Morgan fingerprint density at radius 3 is 3.08 bits per heavy atom. The van der Waals surface area contributed by atoms with Crippen LogP contribution in [0.2, 0.25) is 5.15 Å². The van der Waals surface area contributed by atoms with Gasteiger partial charge < -0.3 is 4.74 Å². The summed E-state index contributed by atoms with van der Waals surface area (Å²) in [7, 11) is 0. The lowest BCUT2D eigenvalue weighted by Crippen LogP contribution is -2.06. The largest absolute Gasteiger partial charge is 0.462 e. The first-order chi connectivity index (χ1) is 6.15. The van der Waals surface area contributed by atoms with Gasteiger partial charge >= 0.3 is 5.97 Å². The predicted molar refractivity (Wildman–Crippen MR) is 52.5 cm³/mol. The summed E-state index contributed by atoms with van der Waals surface area (Å²) in [6.07, 6.45) is 1.47. The van der Waals surface area contributed by atoms with Crippen LogP contribution in [0, 0.1) is 0 Å². The lowest BCUT2D eigenvalue weighted by atomic mass is 10.3. The zero-order valence-corrected chi connectivity index (χ0v) is 8.60. The number of carbonyl (C=O) groups excluding carboxylic acids is 1. The zero-order valence-electron chi connectivity index (χ0n) is 6.95. The third-order valence-electron chi connectivity index (χ3n) is 1.32. The fourth-order valence-electron chi connectivity index (χ4n) is 0.789. The Labute approximate surface area is 86.5 Å². The highest BCUT2D eigenvalue weighted by atomic mass is 35.5. The number of thiol groups is 1. The molecule has 0 bridgehead atoms. The second-order valence-electron chi connectivity index (χ2n) is 2.25. The second kappa shape index (κ2) is 4.48. The predicted octanol–water partition coefficient (Wildman–Crippen LogP) is 2.20. The van der Waals surface area contributed by atoms with Gasteiger partial charge in [0, 0.05) is 11.1 Å². The summed E-state index contributed by atoms with van der Waals surface area (Å²) in [5.74, 6) is -0.476. The molecule has 0 unspecified atom stereocenters. The summed E-state index contributed by atoms with van der Waals surface area (Å²) < 4.78 is 4.77. The van der Waals surface area contributed by atoms with Crippen molar-refractivity contribution in [3.63, 3.8) is 0 Å². The molecule has 1 rings (SSSR count). The molecule has 0 aliphatic carbocycles. The lowest BCUT2D eigenvalue weighted by molar-refractivity contribution is 0.0526. The van der Waals surface area contributed by atoms with Gasteiger partial charge in [-0.15, -0.1) is 12.6 Å². The Hall–Kier alpha value is -0.740. The molecule has 0 atom stereocenters. The molecule has 0 aliphatic heterocycles. The van der Waals surface area contributed by atoms with Crippen molar-refractivity contribution in [1.29, 1.82) is 0 Å². The number of ether oxygens (including phenoxy) is 1. The third kappa shape index (κ3) is 2.60. The molecule has 70 valence electrons. The number of hydrogen-bond acceptors (Lipinski definition) is 4. The molecule has 1 heterocycles. The standard InChI is InChI=1S/C8H8ClNO2S/c1-2-12-8(11)6-3-5(13)4-10-7(6)9/h3-4,13H,2H2,1H3. The van der Waals surface area contributed by atoms with Crippen molar-refractivity contribution in [3.05, 3.63) is 23.0 Å². The van der Waals surface area contributed by atoms with Gasteiger partial charge in [0.1, 0.15) is 5.15 Å². The molecule has 5 heteroatoms. The first-order valence-corrected chi connectivity index (χ1v) is 4.49. The fourth-order valence-corrected chi connectivity index (χ4v) is 1.16. The smallest absolute Gasteiger partial charge is 0.341 e. The lowest BCUT2D eigenvalue weighted by Gasteiger charge is -2.03. The molecule has 13 heavy (non-hydrogen) atoms. The molecular weight excluding hydrogens is 210 g/mol. The van der Waals surface area contributed by atoms with Crippen LogP contribution in [-0.4, -0.2) is 17.6 Å². The van der Waals surface area contributed by atoms with E-state index in [1.807, 2.05) is 0 Å². The number of esters is 1. The molecule has 0 aliphatic rings. The summed E-state index contributed by atoms with van der Waals surface area (Å²) in [4.78, 5) is 15.6. The zero-order chi connectivity index (χ0) is 9.84. The second-order valence-corrected chi connectivity index (χ2v) is 3.13. The number of halogens is 1. The summed E-state index contributed by atoms with van der Waals surface area (Å²) in [5, 5.41) is 0.135. The maximum absolute atomic E-state index is 11.2. The Kier molecular flexibility index (Phi) is 3.57. The highest BCUT2D eigenvalue weighted by molar-refractivity contribution is 7.80. The van der Waals surface area contributed by atoms with E-state index in [1.165, 1.54) is 12.3 Å². The van der Waals surface area contributed by atoms with Crippen molar-refractivity contribution in [2.45, 2.75) is 11.8 Å². The number of rotatable bonds is 2. The fraction of sp³-hybridized carbons (Fsp3) is 0.250. The van der Waals surface area contributed by atoms with E-state index < -0.39 is 5.97 Å². The Balaban J connectivity index is 2.99. The van der Waals surface area contributed by atoms with Crippen LogP contribution < -0.4 is 0 Å². The summed E-state index contributed by atoms with van der Waals surface area (Å²) in [6, 6.07) is 1.52. The van der Waals surface area contributed by atoms with Gasteiger partial charge in [-0.2, -0.15) is 0 Å². The SMILES string of the molecule is CCOC(=O)c1cc(S)cnc1Cl. The van der Waals surface area contributed by atoms with E-state index in [2.05, 4.69) is 17.6 Å². The van der Waals surface area contributed by atoms with Crippen molar-refractivity contribution in [1.82, 2.24) is 4.98 Å². The third-order valence-corrected chi connectivity index (χ3v) is 1.87. The molecule has 0 N–H and O–H groups in total. The van der Waals surface area contributed by atoms with Crippen molar-refractivity contribution in [2.75, 3.05) is 6.61 Å². The van der Waals surface area contributed by atoms with Gasteiger partial charge in [-0.25, -0.2) is 9.78 Å². The number of pyridine rings is 1. The minimum absolute atomic E-state index is 0.135. The topological polar surface area (TPSA) is 39.2 Å². The van der Waals surface area contributed by atoms with E-state index in [1.54, 1.807) is 6.92 Å². The maximum atomic E-state index is 11.2. The van der Waals surface area contributed by atoms with Gasteiger partial charge in [-0.05, 0) is 13.0 Å². The van der Waals surface area contributed by atoms with Crippen LogP contribution in [0.3, 0.4) is 0 Å². The average Bonchev–Trinajstić information content (AvgIpc) is 2.09. The van der Waals surface area contributed by atoms with Crippen LogP contribution in [0.1, 0.15) is 17.3 Å². The van der Waals surface area contributed by atoms with E-state index in [-0.39, 0.29) is 10.7 Å². The van der Waals surface area contributed by atoms with Crippen LogP contribution in [0.25, 0.3) is 0 Å². The van der Waals surface area contributed by atoms with Gasteiger partial charge in [0.15, 0.2) is 0 Å². The summed E-state index contributed by atoms with van der Waals surface area (Å²) in [6.45, 7) is 2.04. The first-order valence-electron chi connectivity index (χ1n) is 3.66. The quantitative estimate of drug-likeness (QED) is 0.469. The maximum Gasteiger partial charge on any atom is 0.341 e. The molecule has 0 saturated heterocycles. The summed E-state index contributed by atoms with van der Waals surface area (Å²) >= 11 is 9.72. The van der Waals surface area contributed by atoms with Crippen molar-refractivity contribution in [3.8, 4) is 0 Å². The van der Waals surface area contributed by atoms with Crippen LogP contribution in [0.5, 0.6) is 0 Å². The van der Waals surface area contributed by atoms with Gasteiger partial charge in [0.25, 0.3) is 0 Å². The molecule has 1 aromatic rings. The van der Waals surface area contributed by atoms with E-state index >= 15 is 0 Å². The average molecular weight is 218 g/mol. The molecule has 0 amide bonds. The van der Waals surface area contributed by atoms with Crippen molar-refractivity contribution >= 4 is 30.2 Å². The summed E-state index contributed by atoms with van der Waals surface area (Å²) in [5.41, 5.74) is 0.246. The van der Waals surface area contributed by atoms with Crippen LogP contribution in [-0.2, 0) is 4.74 Å². The molecular formula is C8H8ClNO2S. The van der Waals surface area contributed by atoms with Crippen molar-refractivity contribution in [2.24, 2.45) is 0 Å². The Morgan fingerprint density at radius 2 is 2.46 bits per heavy atom. The Bertz CT molecular complexity index is 330. The Morgan fingerprint density at radius 1 is 1.77 bits per heavy atom. The van der Waals surface area contributed by atoms with Crippen LogP contribution in [0.15, 0.2) is 17.2 Å². The molecule has 0 saturated carbocycles. The molecule has 1 aromatic heterocycles. The molecule has 0 fully saturated rings. The van der Waals surface area contributed by atoms with Gasteiger partial charge in [-0.3, -0.25) is 0 Å². The monoisotopic (exact) mass is 217 g/mol. The van der Waals surface area contributed by atoms with E-state index in [0.717, 1.165) is 0 Å². The highest BCUT2D eigenvalue weighted by Crippen LogP contribution is 2.17. The van der Waals surface area contributed by atoms with Gasteiger partial charge in [0.2, 0.25) is 0 Å². The molecule has 0 aromatic carbocycles. The minimum Gasteiger partial charge on any atom is -0.462 e. The van der Waals surface area contributed by atoms with E-state index in [0.29, 0.717) is 11.5 Å². The molecule has 0 spiro atoms. The minimum atomic E-state index is -0.476. The molecule has 0 radical (unpaired) electrons. The first kappa shape index (κ1) is 10.3. The normalized spacial score (nSPS) is 9.77. The number of aromatic nitrogens is 1. The number of hydrogen-bond donors (Lipinski definition) is 1. The molecule has 3 nitrogen and oxygen atoms in total. The number of carbonyl (C=O) groups is 1. The van der Waals surface area contributed by atoms with Crippen LogP contribution in [0.4, 0.5) is 0 Å². The van der Waals surface area contributed by atoms with E-state index in [4.69, 9.17) is 16.3 Å². The van der Waals surface area contributed by atoms with E-state index in [9.17, 15) is 4.79 Å². The van der Waals surface area contributed by atoms with Gasteiger partial charge in [-0.1, -0.05) is 11.6 Å². The number of nitrogens with zero attached hydrogens (tertiary/aromatic N) is 1. The van der Waals surface area contributed by atoms with Crippen LogP contribution >= 0.6 is 24.2 Å². The van der Waals surface area contributed by atoms with Crippen molar-refractivity contribution < 1.29 is 9.53 Å². The highest BCUT2D eigenvalue weighted by Gasteiger charge is 2.12. The van der Waals surface area contributed by atoms with Gasteiger partial charge in [0.05, 0.1) is 12.2 Å².